The van der Waals surface area contributed by atoms with Crippen LogP contribution in [-0.4, -0.2) is 105 Å². The van der Waals surface area contributed by atoms with Crippen molar-refractivity contribution in [1.82, 2.24) is 20.0 Å². The van der Waals surface area contributed by atoms with E-state index in [9.17, 15) is 4.79 Å². The number of ether oxygens (including phenoxy) is 2. The number of para-hydroxylation sites is 1. The molecule has 35 heavy (non-hydrogen) atoms. The highest BCUT2D eigenvalue weighted by atomic mass is 16.5. The van der Waals surface area contributed by atoms with E-state index in [1.165, 1.54) is 12.8 Å². The molecule has 188 valence electrons. The zero-order chi connectivity index (χ0) is 24.0. The third-order valence-electron chi connectivity index (χ3n) is 7.31. The van der Waals surface area contributed by atoms with Gasteiger partial charge in [-0.1, -0.05) is 18.2 Å². The average molecular weight is 481 g/mol. The molecule has 3 saturated heterocycles. The predicted octanol–water partition coefficient (Wildman–Crippen LogP) is 1.68. The third-order valence-corrected chi connectivity index (χ3v) is 7.31. The van der Waals surface area contributed by atoms with E-state index < -0.39 is 0 Å². The minimum atomic E-state index is 0.134. The number of hydrogen-bond acceptors (Lipinski definition) is 8. The molecule has 9 heteroatoms. The summed E-state index contributed by atoms with van der Waals surface area (Å²) in [6.45, 7) is 8.85. The number of carbonyl (C=O) groups is 1. The Bertz CT molecular complexity index is 965. The van der Waals surface area contributed by atoms with Gasteiger partial charge in [-0.05, 0) is 31.0 Å². The average Bonchev–Trinajstić information content (AvgIpc) is 3.43. The number of methoxy groups -OCH3 is 1. The second-order valence-electron chi connectivity index (χ2n) is 9.53. The number of benzene rings is 1. The van der Waals surface area contributed by atoms with Crippen LogP contribution in [0.15, 0.2) is 36.4 Å². The van der Waals surface area contributed by atoms with Gasteiger partial charge in [0.15, 0.2) is 11.6 Å². The summed E-state index contributed by atoms with van der Waals surface area (Å²) in [5, 5.41) is 9.05. The van der Waals surface area contributed by atoms with E-state index in [-0.39, 0.29) is 5.91 Å². The number of nitrogens with zero attached hydrogens (tertiary/aromatic N) is 6. The van der Waals surface area contributed by atoms with E-state index in [4.69, 9.17) is 9.47 Å². The van der Waals surface area contributed by atoms with Crippen molar-refractivity contribution in [2.24, 2.45) is 0 Å². The smallest absolute Gasteiger partial charge is 0.227 e. The molecule has 9 nitrogen and oxygen atoms in total. The van der Waals surface area contributed by atoms with Crippen molar-refractivity contribution >= 4 is 17.5 Å². The largest absolute Gasteiger partial charge is 0.496 e. The van der Waals surface area contributed by atoms with Crippen LogP contribution in [-0.2, 0) is 16.0 Å². The van der Waals surface area contributed by atoms with Crippen LogP contribution in [0.25, 0.3) is 0 Å². The summed E-state index contributed by atoms with van der Waals surface area (Å²) in [7, 11) is 1.64. The number of amides is 1. The lowest BCUT2D eigenvalue weighted by atomic mass is 10.1. The molecule has 1 atom stereocenters. The quantitative estimate of drug-likeness (QED) is 0.593. The van der Waals surface area contributed by atoms with Gasteiger partial charge < -0.3 is 24.2 Å². The maximum Gasteiger partial charge on any atom is 0.227 e. The Balaban J connectivity index is 1.08. The van der Waals surface area contributed by atoms with Gasteiger partial charge in [0.25, 0.3) is 0 Å². The molecule has 0 aliphatic carbocycles. The fourth-order valence-electron chi connectivity index (χ4n) is 5.20. The highest BCUT2D eigenvalue weighted by molar-refractivity contribution is 5.79. The summed E-state index contributed by atoms with van der Waals surface area (Å²) >= 11 is 0. The van der Waals surface area contributed by atoms with Gasteiger partial charge in [-0.2, -0.15) is 0 Å². The summed E-state index contributed by atoms with van der Waals surface area (Å²) in [5.41, 5.74) is 0.927. The number of carbonyl (C=O) groups excluding carboxylic acids is 1. The maximum absolute atomic E-state index is 12.8. The van der Waals surface area contributed by atoms with Crippen molar-refractivity contribution in [3.63, 3.8) is 0 Å². The number of aromatic nitrogens is 2. The molecule has 1 aromatic heterocycles. The Kier molecular flexibility index (Phi) is 7.63. The van der Waals surface area contributed by atoms with E-state index in [0.29, 0.717) is 25.6 Å². The van der Waals surface area contributed by atoms with Crippen molar-refractivity contribution < 1.29 is 14.3 Å². The molecular weight excluding hydrogens is 444 g/mol. The zero-order valence-electron chi connectivity index (χ0n) is 20.6. The first-order valence-corrected chi connectivity index (χ1v) is 12.8. The van der Waals surface area contributed by atoms with Crippen LogP contribution in [0.1, 0.15) is 18.4 Å². The molecule has 1 aromatic carbocycles. The topological polar surface area (TPSA) is 74.3 Å². The monoisotopic (exact) mass is 480 g/mol. The molecule has 1 unspecified atom stereocenters. The minimum absolute atomic E-state index is 0.134. The summed E-state index contributed by atoms with van der Waals surface area (Å²) in [6.07, 6.45) is 3.16. The molecule has 0 spiro atoms. The molecule has 2 aromatic rings. The standard InChI is InChI=1S/C26H36N6O3/c1-34-23-7-3-2-5-21(23)19-26(33)32-16-14-31(15-17-32)25-9-8-24(27-28-25)30-12-10-29(11-13-30)20-22-6-4-18-35-22/h2-3,5,7-9,22H,4,6,10-20H2,1H3. The van der Waals surface area contributed by atoms with Gasteiger partial charge in [0.05, 0.1) is 19.6 Å². The predicted molar refractivity (Wildman–Crippen MR) is 135 cm³/mol. The fraction of sp³-hybridized carbons (Fsp3) is 0.577. The van der Waals surface area contributed by atoms with E-state index in [1.807, 2.05) is 29.2 Å². The van der Waals surface area contributed by atoms with E-state index in [2.05, 4.69) is 37.0 Å². The van der Waals surface area contributed by atoms with Crippen molar-refractivity contribution in [2.45, 2.75) is 25.4 Å². The number of rotatable bonds is 7. The van der Waals surface area contributed by atoms with Crippen LogP contribution in [0.5, 0.6) is 5.75 Å². The molecule has 4 heterocycles. The van der Waals surface area contributed by atoms with E-state index in [0.717, 1.165) is 75.4 Å². The molecule has 3 aliphatic rings. The molecule has 3 aliphatic heterocycles. The minimum Gasteiger partial charge on any atom is -0.496 e. The second-order valence-corrected chi connectivity index (χ2v) is 9.53. The number of anilines is 2. The van der Waals surface area contributed by atoms with Crippen LogP contribution in [0.4, 0.5) is 11.6 Å². The van der Waals surface area contributed by atoms with Crippen LogP contribution < -0.4 is 14.5 Å². The van der Waals surface area contributed by atoms with Crippen molar-refractivity contribution in [3.8, 4) is 5.75 Å². The van der Waals surface area contributed by atoms with Gasteiger partial charge in [0.1, 0.15) is 5.75 Å². The highest BCUT2D eigenvalue weighted by Crippen LogP contribution is 2.21. The van der Waals surface area contributed by atoms with Crippen LogP contribution in [0.2, 0.25) is 0 Å². The normalized spacial score (nSPS) is 21.4. The van der Waals surface area contributed by atoms with Gasteiger partial charge >= 0.3 is 0 Å². The summed E-state index contributed by atoms with van der Waals surface area (Å²) < 4.78 is 11.2. The first kappa shape index (κ1) is 23.8. The molecule has 5 rings (SSSR count). The van der Waals surface area contributed by atoms with Gasteiger partial charge in [0, 0.05) is 71.1 Å². The van der Waals surface area contributed by atoms with Crippen molar-refractivity contribution in [3.05, 3.63) is 42.0 Å². The van der Waals surface area contributed by atoms with Crippen LogP contribution in [0.3, 0.4) is 0 Å². The van der Waals surface area contributed by atoms with Crippen LogP contribution >= 0.6 is 0 Å². The molecule has 0 bridgehead atoms. The Morgan fingerprint density at radius 1 is 0.943 bits per heavy atom. The number of hydrogen-bond donors (Lipinski definition) is 0. The lowest BCUT2D eigenvalue weighted by molar-refractivity contribution is -0.130. The summed E-state index contributed by atoms with van der Waals surface area (Å²) in [4.78, 5) is 21.8. The number of piperazine rings is 2. The summed E-state index contributed by atoms with van der Waals surface area (Å²) in [5.74, 6) is 2.71. The van der Waals surface area contributed by atoms with Gasteiger partial charge in [-0.3, -0.25) is 9.69 Å². The third kappa shape index (κ3) is 5.85. The van der Waals surface area contributed by atoms with E-state index >= 15 is 0 Å². The molecular formula is C26H36N6O3. The Hall–Kier alpha value is -2.91. The molecule has 3 fully saturated rings. The van der Waals surface area contributed by atoms with Crippen molar-refractivity contribution in [2.75, 3.05) is 82.4 Å². The van der Waals surface area contributed by atoms with Crippen LogP contribution in [0, 0.1) is 0 Å². The first-order chi connectivity index (χ1) is 17.2. The second kappa shape index (κ2) is 11.2. The SMILES string of the molecule is COc1ccccc1CC(=O)N1CCN(c2ccc(N3CCN(CC4CCCO4)CC3)nn2)CC1. The lowest BCUT2D eigenvalue weighted by Crippen LogP contribution is -2.49. The fourth-order valence-corrected chi connectivity index (χ4v) is 5.20. The van der Waals surface area contributed by atoms with Crippen molar-refractivity contribution in [1.29, 1.82) is 0 Å². The maximum atomic E-state index is 12.8. The van der Waals surface area contributed by atoms with Gasteiger partial charge in [-0.15, -0.1) is 10.2 Å². The first-order valence-electron chi connectivity index (χ1n) is 12.8. The zero-order valence-corrected chi connectivity index (χ0v) is 20.6. The molecule has 1 amide bonds. The van der Waals surface area contributed by atoms with Gasteiger partial charge in [-0.25, -0.2) is 0 Å². The molecule has 0 saturated carbocycles. The summed E-state index contributed by atoms with van der Waals surface area (Å²) in [6, 6.07) is 11.9. The molecule has 0 N–H and O–H groups in total. The van der Waals surface area contributed by atoms with E-state index in [1.54, 1.807) is 7.11 Å². The Morgan fingerprint density at radius 2 is 1.60 bits per heavy atom. The highest BCUT2D eigenvalue weighted by Gasteiger charge is 2.25. The van der Waals surface area contributed by atoms with Gasteiger partial charge in [0.2, 0.25) is 5.91 Å². The Labute approximate surface area is 207 Å². The Morgan fingerprint density at radius 3 is 2.20 bits per heavy atom. The lowest BCUT2D eigenvalue weighted by Gasteiger charge is -2.37. The molecule has 0 radical (unpaired) electrons.